The number of phosphoric acid groups is 2. The summed E-state index contributed by atoms with van der Waals surface area (Å²) in [6.07, 6.45) is 68.0. The van der Waals surface area contributed by atoms with E-state index in [1.54, 1.807) is 0 Å². The summed E-state index contributed by atoms with van der Waals surface area (Å²) in [4.78, 5) is 73.1. The van der Waals surface area contributed by atoms with Gasteiger partial charge in [-0.2, -0.15) is 0 Å². The van der Waals surface area contributed by atoms with Gasteiger partial charge in [-0.1, -0.05) is 401 Å². The van der Waals surface area contributed by atoms with Gasteiger partial charge >= 0.3 is 39.5 Å². The Kier molecular flexibility index (Phi) is 75.0. The second-order valence-electron chi connectivity index (χ2n) is 31.3. The summed E-state index contributed by atoms with van der Waals surface area (Å²) in [6.45, 7) is 9.73. The summed E-state index contributed by atoms with van der Waals surface area (Å²) in [5, 5.41) is 10.7. The maximum Gasteiger partial charge on any atom is 0.472 e. The molecule has 0 aliphatic carbocycles. The van der Waals surface area contributed by atoms with Crippen LogP contribution >= 0.6 is 15.6 Å². The molecule has 0 aliphatic rings. The summed E-state index contributed by atoms with van der Waals surface area (Å²) in [7, 11) is -9.92. The Balaban J connectivity index is 5.20. The predicted octanol–water partition coefficient (Wildman–Crippen LogP) is 25.8. The van der Waals surface area contributed by atoms with Crippen molar-refractivity contribution in [2.45, 2.75) is 471 Å². The van der Waals surface area contributed by atoms with Crippen LogP contribution in [0.3, 0.4) is 0 Å². The molecule has 0 aliphatic heterocycles. The molecule has 0 radical (unpaired) electrons. The molecule has 0 fully saturated rings. The van der Waals surface area contributed by atoms with Gasteiger partial charge in [0, 0.05) is 25.7 Å². The van der Waals surface area contributed by atoms with Gasteiger partial charge in [0.25, 0.3) is 0 Å². The zero-order chi connectivity index (χ0) is 76.4. The van der Waals surface area contributed by atoms with Gasteiger partial charge in [0.05, 0.1) is 26.4 Å². The van der Waals surface area contributed by atoms with Gasteiger partial charge in [0.15, 0.2) is 12.2 Å². The molecule has 0 bridgehead atoms. The third-order valence-electron chi connectivity index (χ3n) is 20.3. The van der Waals surface area contributed by atoms with E-state index in [0.29, 0.717) is 25.7 Å². The molecule has 17 nitrogen and oxygen atoms in total. The van der Waals surface area contributed by atoms with Crippen LogP contribution < -0.4 is 0 Å². The number of hydrogen-bond acceptors (Lipinski definition) is 15. The van der Waals surface area contributed by atoms with Crippen LogP contribution in [-0.2, 0) is 65.4 Å². The van der Waals surface area contributed by atoms with Crippen LogP contribution in [0.4, 0.5) is 0 Å². The monoisotopic (exact) mass is 1520 g/mol. The van der Waals surface area contributed by atoms with Crippen LogP contribution in [0.2, 0.25) is 0 Å². The van der Waals surface area contributed by atoms with Crippen molar-refractivity contribution in [3.63, 3.8) is 0 Å². The second kappa shape index (κ2) is 76.4. The molecule has 0 aromatic rings. The molecule has 3 unspecified atom stereocenters. The first-order valence-electron chi connectivity index (χ1n) is 44.0. The number of esters is 4. The third kappa shape index (κ3) is 76.8. The lowest BCUT2D eigenvalue weighted by Gasteiger charge is -2.21. The Morgan fingerprint density at radius 1 is 0.279 bits per heavy atom. The van der Waals surface area contributed by atoms with E-state index in [9.17, 15) is 43.2 Å². The number of carbonyl (C=O) groups excluding carboxylic acids is 4. The number of unbranched alkanes of at least 4 members (excludes halogenated alkanes) is 53. The summed E-state index contributed by atoms with van der Waals surface area (Å²) in [5.41, 5.74) is 0. The number of carbonyl (C=O) groups is 4. The van der Waals surface area contributed by atoms with Crippen molar-refractivity contribution in [2.24, 2.45) is 11.8 Å². The molecular weight excluding hydrogens is 1350 g/mol. The van der Waals surface area contributed by atoms with E-state index in [-0.39, 0.29) is 25.7 Å². The highest BCUT2D eigenvalue weighted by atomic mass is 31.2. The van der Waals surface area contributed by atoms with Crippen molar-refractivity contribution in [1.82, 2.24) is 0 Å². The van der Waals surface area contributed by atoms with Crippen LogP contribution in [0.5, 0.6) is 0 Å². The van der Waals surface area contributed by atoms with Gasteiger partial charge in [-0.25, -0.2) is 9.13 Å². The topological polar surface area (TPSA) is 237 Å². The molecule has 0 heterocycles. The minimum Gasteiger partial charge on any atom is -0.462 e. The highest BCUT2D eigenvalue weighted by molar-refractivity contribution is 7.47. The van der Waals surface area contributed by atoms with Crippen LogP contribution in [0.1, 0.15) is 452 Å². The Hall–Kier alpha value is -1.94. The highest BCUT2D eigenvalue weighted by Gasteiger charge is 2.30. The van der Waals surface area contributed by atoms with Crippen LogP contribution in [0, 0.1) is 11.8 Å². The third-order valence-corrected chi connectivity index (χ3v) is 22.2. The number of rotatable bonds is 84. The number of hydrogen-bond donors (Lipinski definition) is 3. The van der Waals surface area contributed by atoms with Crippen molar-refractivity contribution in [1.29, 1.82) is 0 Å². The minimum absolute atomic E-state index is 0.108. The molecular formula is C85H166O17P2. The first-order valence-corrected chi connectivity index (χ1v) is 47.0. The summed E-state index contributed by atoms with van der Waals surface area (Å²) in [6, 6.07) is 0. The molecule has 0 rings (SSSR count). The Morgan fingerprint density at radius 3 is 0.731 bits per heavy atom. The zero-order valence-electron chi connectivity index (χ0n) is 68.3. The van der Waals surface area contributed by atoms with Crippen molar-refractivity contribution < 1.29 is 80.2 Å². The van der Waals surface area contributed by atoms with Crippen molar-refractivity contribution in [3.8, 4) is 0 Å². The van der Waals surface area contributed by atoms with Gasteiger partial charge in [0.1, 0.15) is 19.3 Å². The van der Waals surface area contributed by atoms with E-state index >= 15 is 0 Å². The quantitative estimate of drug-likeness (QED) is 0.0222. The van der Waals surface area contributed by atoms with E-state index in [4.69, 9.17) is 37.0 Å². The van der Waals surface area contributed by atoms with Gasteiger partial charge < -0.3 is 33.8 Å². The molecule has 0 aromatic carbocycles. The van der Waals surface area contributed by atoms with E-state index < -0.39 is 97.5 Å². The number of aliphatic hydroxyl groups is 1. The van der Waals surface area contributed by atoms with Gasteiger partial charge in [-0.15, -0.1) is 0 Å². The van der Waals surface area contributed by atoms with Crippen LogP contribution in [0.15, 0.2) is 0 Å². The molecule has 0 saturated carbocycles. The average Bonchev–Trinajstić information content (AvgIpc) is 0.903. The predicted molar refractivity (Wildman–Crippen MR) is 428 cm³/mol. The normalized spacial score (nSPS) is 14.1. The number of phosphoric ester groups is 2. The maximum atomic E-state index is 13.1. The highest BCUT2D eigenvalue weighted by Crippen LogP contribution is 2.45. The van der Waals surface area contributed by atoms with Crippen molar-refractivity contribution in [2.75, 3.05) is 39.6 Å². The summed E-state index contributed by atoms with van der Waals surface area (Å²) < 4.78 is 68.8. The fraction of sp³-hybridized carbons (Fsp3) is 0.953. The SMILES string of the molecule is CCCCCCCCCCCCCCCCCCCC(=O)OC[C@H](COP(=O)(O)OC[C@@H](O)COP(=O)(O)OC[C@@H](COC(=O)CCCCCCCCCCC)OC(=O)CCCCCCCCCCCCCCCC(C)C)OC(=O)CCCCCCCCCCCCCCCCCCCCC(C)CC. The molecule has 0 amide bonds. The summed E-state index contributed by atoms with van der Waals surface area (Å²) >= 11 is 0. The smallest absolute Gasteiger partial charge is 0.462 e. The zero-order valence-corrected chi connectivity index (χ0v) is 70.1. The van der Waals surface area contributed by atoms with Gasteiger partial charge in [0.2, 0.25) is 0 Å². The fourth-order valence-electron chi connectivity index (χ4n) is 13.2. The molecule has 0 aromatic heterocycles. The standard InChI is InChI=1S/C85H166O17P2/c1-7-10-12-14-16-18-19-20-21-24-28-33-38-44-50-56-62-68-83(88)96-74-81(102-84(89)69-63-57-51-45-39-34-29-26-23-22-25-27-32-37-43-48-54-60-66-78(6)9-3)76-100-104(93,94)98-72-79(86)71-97-103(91,92)99-75-80(73-95-82(87)67-61-55-49-41-17-15-13-11-8-2)101-85(90)70-64-58-52-46-40-35-30-31-36-42-47-53-59-65-77(4)5/h77-81,86H,7-76H2,1-6H3,(H,91,92)(H,93,94)/t78?,79-,80+,81+/m0/s1. The number of ether oxygens (including phenoxy) is 4. The minimum atomic E-state index is -4.96. The van der Waals surface area contributed by atoms with E-state index in [1.807, 2.05) is 0 Å². The Labute approximate surface area is 638 Å². The van der Waals surface area contributed by atoms with Gasteiger partial charge in [-0.3, -0.25) is 37.3 Å². The molecule has 104 heavy (non-hydrogen) atoms. The van der Waals surface area contributed by atoms with E-state index in [0.717, 1.165) is 102 Å². The van der Waals surface area contributed by atoms with Crippen molar-refractivity contribution >= 4 is 39.5 Å². The fourth-order valence-corrected chi connectivity index (χ4v) is 14.8. The molecule has 618 valence electrons. The lowest BCUT2D eigenvalue weighted by molar-refractivity contribution is -0.161. The first-order chi connectivity index (χ1) is 50.4. The van der Waals surface area contributed by atoms with Crippen molar-refractivity contribution in [3.05, 3.63) is 0 Å². The largest absolute Gasteiger partial charge is 0.472 e. The first kappa shape index (κ1) is 102. The average molecular weight is 1520 g/mol. The molecule has 3 N–H and O–H groups in total. The van der Waals surface area contributed by atoms with Crippen LogP contribution in [-0.4, -0.2) is 96.7 Å². The van der Waals surface area contributed by atoms with E-state index in [2.05, 4.69) is 41.5 Å². The second-order valence-corrected chi connectivity index (χ2v) is 34.2. The maximum absolute atomic E-state index is 13.1. The van der Waals surface area contributed by atoms with E-state index in [1.165, 1.54) is 270 Å². The molecule has 19 heteroatoms. The Bertz CT molecular complexity index is 2000. The lowest BCUT2D eigenvalue weighted by atomic mass is 9.99. The molecule has 6 atom stereocenters. The molecule has 0 saturated heterocycles. The number of aliphatic hydroxyl groups excluding tert-OH is 1. The molecule has 0 spiro atoms. The lowest BCUT2D eigenvalue weighted by Crippen LogP contribution is -2.30. The van der Waals surface area contributed by atoms with Gasteiger partial charge in [-0.05, 0) is 37.5 Å². The Morgan fingerprint density at radius 2 is 0.490 bits per heavy atom. The van der Waals surface area contributed by atoms with Crippen LogP contribution in [0.25, 0.3) is 0 Å². The summed E-state index contributed by atoms with van der Waals surface area (Å²) in [5.74, 6) is -0.446.